The van der Waals surface area contributed by atoms with Crippen LogP contribution >= 0.6 is 11.3 Å². The van der Waals surface area contributed by atoms with Crippen molar-refractivity contribution in [2.45, 2.75) is 20.3 Å². The van der Waals surface area contributed by atoms with Gasteiger partial charge in [-0.05, 0) is 37.1 Å². The van der Waals surface area contributed by atoms with Crippen LogP contribution in [0.15, 0.2) is 23.6 Å². The Balaban J connectivity index is 1.96. The number of aromatic nitrogens is 1. The molecule has 2 rings (SSSR count). The standard InChI is InChI=1S/C15H17N3O3S/c1-9-4-10(2)6-11(5-9)16-13(19)7-12-8-22-14(17-12)18-15(20)21-3/h4-6,8H,7H2,1-3H3,(H,16,19)(H,17,18,20). The molecule has 0 aliphatic carbocycles. The lowest BCUT2D eigenvalue weighted by Crippen LogP contribution is -2.15. The van der Waals surface area contributed by atoms with E-state index in [0.29, 0.717) is 10.8 Å². The van der Waals surface area contributed by atoms with Crippen molar-refractivity contribution in [1.29, 1.82) is 0 Å². The molecule has 0 unspecified atom stereocenters. The van der Waals surface area contributed by atoms with Crippen LogP contribution in [0.5, 0.6) is 0 Å². The molecule has 22 heavy (non-hydrogen) atoms. The van der Waals surface area contributed by atoms with Crippen molar-refractivity contribution < 1.29 is 14.3 Å². The van der Waals surface area contributed by atoms with Gasteiger partial charge in [0, 0.05) is 11.1 Å². The van der Waals surface area contributed by atoms with Crippen LogP contribution in [0.25, 0.3) is 0 Å². The van der Waals surface area contributed by atoms with E-state index >= 15 is 0 Å². The molecule has 0 radical (unpaired) electrons. The summed E-state index contributed by atoms with van der Waals surface area (Å²) in [4.78, 5) is 27.3. The van der Waals surface area contributed by atoms with Gasteiger partial charge in [-0.2, -0.15) is 0 Å². The van der Waals surface area contributed by atoms with Crippen molar-refractivity contribution in [2.75, 3.05) is 17.7 Å². The molecular formula is C15H17N3O3S. The molecule has 0 bridgehead atoms. The summed E-state index contributed by atoms with van der Waals surface area (Å²) in [5.41, 5.74) is 3.55. The SMILES string of the molecule is COC(=O)Nc1nc(CC(=O)Nc2cc(C)cc(C)c2)cs1. The van der Waals surface area contributed by atoms with Crippen LogP contribution in [0, 0.1) is 13.8 Å². The Morgan fingerprint density at radius 1 is 1.18 bits per heavy atom. The maximum absolute atomic E-state index is 12.0. The number of nitrogens with zero attached hydrogens (tertiary/aromatic N) is 1. The average molecular weight is 319 g/mol. The van der Waals surface area contributed by atoms with Crippen molar-refractivity contribution in [3.05, 3.63) is 40.4 Å². The number of hydrogen-bond acceptors (Lipinski definition) is 5. The molecule has 0 fully saturated rings. The van der Waals surface area contributed by atoms with Gasteiger partial charge in [-0.15, -0.1) is 11.3 Å². The van der Waals surface area contributed by atoms with Crippen LogP contribution in [-0.2, 0) is 16.0 Å². The van der Waals surface area contributed by atoms with Gasteiger partial charge >= 0.3 is 6.09 Å². The Hall–Kier alpha value is -2.41. The average Bonchev–Trinajstić information content (AvgIpc) is 2.84. The highest BCUT2D eigenvalue weighted by Gasteiger charge is 2.10. The summed E-state index contributed by atoms with van der Waals surface area (Å²) in [6.45, 7) is 3.96. The first-order valence-electron chi connectivity index (χ1n) is 6.64. The van der Waals surface area contributed by atoms with E-state index in [4.69, 9.17) is 0 Å². The second-order valence-electron chi connectivity index (χ2n) is 4.86. The number of hydrogen-bond donors (Lipinski definition) is 2. The second kappa shape index (κ2) is 7.04. The maximum atomic E-state index is 12.0. The molecule has 0 spiro atoms. The number of benzene rings is 1. The van der Waals surface area contributed by atoms with E-state index in [1.54, 1.807) is 5.38 Å². The predicted octanol–water partition coefficient (Wildman–Crippen LogP) is 3.12. The van der Waals surface area contributed by atoms with Crippen molar-refractivity contribution in [1.82, 2.24) is 4.98 Å². The van der Waals surface area contributed by atoms with E-state index in [2.05, 4.69) is 20.4 Å². The number of rotatable bonds is 4. The number of nitrogens with one attached hydrogen (secondary N) is 2. The third-order valence-electron chi connectivity index (χ3n) is 2.79. The number of aryl methyl sites for hydroxylation is 2. The maximum Gasteiger partial charge on any atom is 0.413 e. The van der Waals surface area contributed by atoms with Gasteiger partial charge in [-0.25, -0.2) is 9.78 Å². The van der Waals surface area contributed by atoms with Crippen LogP contribution in [0.2, 0.25) is 0 Å². The van der Waals surface area contributed by atoms with E-state index < -0.39 is 6.09 Å². The number of carbonyl (C=O) groups is 2. The minimum Gasteiger partial charge on any atom is -0.453 e. The summed E-state index contributed by atoms with van der Waals surface area (Å²) in [6, 6.07) is 5.87. The lowest BCUT2D eigenvalue weighted by atomic mass is 10.1. The zero-order valence-electron chi connectivity index (χ0n) is 12.6. The number of methoxy groups -OCH3 is 1. The van der Waals surface area contributed by atoms with E-state index in [1.807, 2.05) is 32.0 Å². The fourth-order valence-electron chi connectivity index (χ4n) is 2.00. The van der Waals surface area contributed by atoms with E-state index in [1.165, 1.54) is 18.4 Å². The van der Waals surface area contributed by atoms with E-state index in [-0.39, 0.29) is 12.3 Å². The van der Waals surface area contributed by atoms with Gasteiger partial charge in [-0.3, -0.25) is 10.1 Å². The summed E-state index contributed by atoms with van der Waals surface area (Å²) in [7, 11) is 1.28. The fourth-order valence-corrected chi connectivity index (χ4v) is 2.70. The first-order valence-corrected chi connectivity index (χ1v) is 7.52. The van der Waals surface area contributed by atoms with Crippen molar-refractivity contribution >= 4 is 34.2 Å². The minimum absolute atomic E-state index is 0.145. The topological polar surface area (TPSA) is 80.3 Å². The molecule has 2 amide bonds. The third kappa shape index (κ3) is 4.56. The Morgan fingerprint density at radius 2 is 1.86 bits per heavy atom. The Bertz CT molecular complexity index is 677. The third-order valence-corrected chi connectivity index (χ3v) is 3.60. The smallest absolute Gasteiger partial charge is 0.413 e. The molecule has 0 aliphatic rings. The molecule has 6 nitrogen and oxygen atoms in total. The molecule has 0 aliphatic heterocycles. The monoisotopic (exact) mass is 319 g/mol. The minimum atomic E-state index is -0.583. The Labute approximate surface area is 132 Å². The van der Waals surface area contributed by atoms with Crippen molar-refractivity contribution in [3.8, 4) is 0 Å². The normalized spacial score (nSPS) is 10.1. The molecule has 0 atom stereocenters. The van der Waals surface area contributed by atoms with Gasteiger partial charge in [-0.1, -0.05) is 6.07 Å². The fraction of sp³-hybridized carbons (Fsp3) is 0.267. The summed E-state index contributed by atoms with van der Waals surface area (Å²) in [5.74, 6) is -0.153. The molecule has 116 valence electrons. The van der Waals surface area contributed by atoms with Crippen LogP contribution in [0.3, 0.4) is 0 Å². The molecule has 2 aromatic rings. The van der Waals surface area contributed by atoms with Gasteiger partial charge in [0.1, 0.15) is 0 Å². The Morgan fingerprint density at radius 3 is 2.50 bits per heavy atom. The number of thiazole rings is 1. The van der Waals surface area contributed by atoms with Crippen LogP contribution in [-0.4, -0.2) is 24.1 Å². The molecular weight excluding hydrogens is 302 g/mol. The molecule has 1 aromatic heterocycles. The highest BCUT2D eigenvalue weighted by molar-refractivity contribution is 7.13. The number of carbonyl (C=O) groups excluding carboxylic acids is 2. The number of anilines is 2. The van der Waals surface area contributed by atoms with Crippen molar-refractivity contribution in [2.24, 2.45) is 0 Å². The van der Waals surface area contributed by atoms with Crippen molar-refractivity contribution in [3.63, 3.8) is 0 Å². The number of ether oxygens (including phenoxy) is 1. The van der Waals surface area contributed by atoms with Gasteiger partial charge in [0.2, 0.25) is 5.91 Å². The molecule has 1 aromatic carbocycles. The second-order valence-corrected chi connectivity index (χ2v) is 5.72. The highest BCUT2D eigenvalue weighted by Crippen LogP contribution is 2.17. The molecule has 1 heterocycles. The van der Waals surface area contributed by atoms with Crippen LogP contribution in [0.1, 0.15) is 16.8 Å². The molecule has 0 saturated heterocycles. The van der Waals surface area contributed by atoms with Crippen LogP contribution < -0.4 is 10.6 Å². The summed E-state index contributed by atoms with van der Waals surface area (Å²) < 4.78 is 4.48. The summed E-state index contributed by atoms with van der Waals surface area (Å²) >= 11 is 1.24. The van der Waals surface area contributed by atoms with Gasteiger partial charge in [0.15, 0.2) is 5.13 Å². The van der Waals surface area contributed by atoms with Gasteiger partial charge in [0.25, 0.3) is 0 Å². The van der Waals surface area contributed by atoms with Gasteiger partial charge < -0.3 is 10.1 Å². The Kier molecular flexibility index (Phi) is 5.11. The molecule has 7 heteroatoms. The lowest BCUT2D eigenvalue weighted by molar-refractivity contribution is -0.115. The number of amides is 2. The lowest BCUT2D eigenvalue weighted by Gasteiger charge is -2.06. The predicted molar refractivity (Wildman–Crippen MR) is 86.4 cm³/mol. The molecule has 0 saturated carbocycles. The molecule has 2 N–H and O–H groups in total. The zero-order valence-corrected chi connectivity index (χ0v) is 13.4. The first kappa shape index (κ1) is 16.0. The first-order chi connectivity index (χ1) is 10.5. The van der Waals surface area contributed by atoms with E-state index in [9.17, 15) is 9.59 Å². The van der Waals surface area contributed by atoms with Gasteiger partial charge in [0.05, 0.1) is 19.2 Å². The summed E-state index contributed by atoms with van der Waals surface area (Å²) in [5, 5.41) is 7.44. The zero-order chi connectivity index (χ0) is 16.1. The highest BCUT2D eigenvalue weighted by atomic mass is 32.1. The largest absolute Gasteiger partial charge is 0.453 e. The van der Waals surface area contributed by atoms with E-state index in [0.717, 1.165) is 16.8 Å². The summed E-state index contributed by atoms with van der Waals surface area (Å²) in [6.07, 6.45) is -0.438. The quantitative estimate of drug-likeness (QED) is 0.907. The van der Waals surface area contributed by atoms with Crippen LogP contribution in [0.4, 0.5) is 15.6 Å².